The first-order chi connectivity index (χ1) is 19.7. The van der Waals surface area contributed by atoms with Gasteiger partial charge in [-0.15, -0.1) is 0 Å². The quantitative estimate of drug-likeness (QED) is 0.184. The standard InChI is InChI=1S/C31H43F3N2O6S/c1-20(2)21-9-11-22(12-10-21)40-23-13-14-25(35-19-23)30(39,31(32,33)34)16-18-43-17-15-24(26(37)41-28(3,4)5)36-27(38)42-29(6,7)8/h9-14,19-20,24,39H,15-18H2,1-8H3,(H,36,38). The fourth-order valence-electron chi connectivity index (χ4n) is 3.75. The monoisotopic (exact) mass is 628 g/mol. The number of amides is 1. The van der Waals surface area contributed by atoms with Crippen LogP contribution in [0.3, 0.4) is 0 Å². The fraction of sp³-hybridized carbons (Fsp3) is 0.581. The number of alkyl carbamates (subject to hydrolysis) is 1. The number of esters is 1. The van der Waals surface area contributed by atoms with Gasteiger partial charge in [0.15, 0.2) is 0 Å². The molecule has 0 spiro atoms. The molecule has 2 aromatic rings. The maximum atomic E-state index is 14.1. The molecule has 240 valence electrons. The molecule has 0 saturated heterocycles. The van der Waals surface area contributed by atoms with E-state index < -0.39 is 53.2 Å². The summed E-state index contributed by atoms with van der Waals surface area (Å²) < 4.78 is 58.5. The number of benzene rings is 1. The van der Waals surface area contributed by atoms with Gasteiger partial charge in [-0.1, -0.05) is 26.0 Å². The molecule has 2 atom stereocenters. The highest BCUT2D eigenvalue weighted by Crippen LogP contribution is 2.42. The van der Waals surface area contributed by atoms with E-state index >= 15 is 0 Å². The molecule has 1 amide bonds. The molecule has 1 heterocycles. The number of rotatable bonds is 12. The molecular formula is C31H43F3N2O6S. The highest BCUT2D eigenvalue weighted by Gasteiger charge is 2.55. The van der Waals surface area contributed by atoms with Gasteiger partial charge in [-0.3, -0.25) is 4.98 Å². The van der Waals surface area contributed by atoms with Gasteiger partial charge in [-0.05, 0) is 102 Å². The van der Waals surface area contributed by atoms with Crippen LogP contribution in [0.1, 0.15) is 85.4 Å². The van der Waals surface area contributed by atoms with E-state index in [1.807, 2.05) is 12.1 Å². The van der Waals surface area contributed by atoms with Crippen molar-refractivity contribution in [3.63, 3.8) is 0 Å². The van der Waals surface area contributed by atoms with Crippen molar-refractivity contribution in [3.8, 4) is 11.5 Å². The fourth-order valence-corrected chi connectivity index (χ4v) is 4.80. The van der Waals surface area contributed by atoms with Crippen molar-refractivity contribution in [1.82, 2.24) is 10.3 Å². The molecule has 0 bridgehead atoms. The lowest BCUT2D eigenvalue weighted by Crippen LogP contribution is -2.46. The molecule has 0 aliphatic heterocycles. The second-order valence-electron chi connectivity index (χ2n) is 12.4. The molecule has 0 aliphatic carbocycles. The molecule has 1 aromatic carbocycles. The Morgan fingerprint density at radius 1 is 0.907 bits per heavy atom. The molecule has 2 rings (SSSR count). The van der Waals surface area contributed by atoms with E-state index in [-0.39, 0.29) is 23.7 Å². The summed E-state index contributed by atoms with van der Waals surface area (Å²) in [6.07, 6.45) is -5.27. The molecule has 0 radical (unpaired) electrons. The van der Waals surface area contributed by atoms with Crippen molar-refractivity contribution in [2.75, 3.05) is 11.5 Å². The number of halogens is 3. The smallest absolute Gasteiger partial charge is 0.423 e. The molecule has 0 aliphatic rings. The Morgan fingerprint density at radius 2 is 1.49 bits per heavy atom. The van der Waals surface area contributed by atoms with E-state index in [1.54, 1.807) is 53.7 Å². The summed E-state index contributed by atoms with van der Waals surface area (Å²) in [6, 6.07) is 8.71. The van der Waals surface area contributed by atoms with Crippen LogP contribution < -0.4 is 10.1 Å². The number of thioether (sulfide) groups is 1. The van der Waals surface area contributed by atoms with Crippen molar-refractivity contribution in [1.29, 1.82) is 0 Å². The highest BCUT2D eigenvalue weighted by atomic mass is 32.2. The molecular weight excluding hydrogens is 585 g/mol. The van der Waals surface area contributed by atoms with Gasteiger partial charge in [0, 0.05) is 0 Å². The number of aromatic nitrogens is 1. The van der Waals surface area contributed by atoms with Gasteiger partial charge in [0.2, 0.25) is 5.60 Å². The zero-order valence-corrected chi connectivity index (χ0v) is 26.8. The van der Waals surface area contributed by atoms with Crippen LogP contribution in [-0.2, 0) is 19.9 Å². The Bertz CT molecular complexity index is 1190. The first kappa shape index (κ1) is 36.2. The van der Waals surface area contributed by atoms with Crippen LogP contribution in [0.25, 0.3) is 0 Å². The van der Waals surface area contributed by atoms with Gasteiger partial charge in [0.25, 0.3) is 0 Å². The van der Waals surface area contributed by atoms with E-state index in [9.17, 15) is 27.9 Å². The lowest BCUT2D eigenvalue weighted by Gasteiger charge is -2.30. The third kappa shape index (κ3) is 11.9. The third-order valence-corrected chi connectivity index (χ3v) is 6.97. The lowest BCUT2D eigenvalue weighted by atomic mass is 9.95. The summed E-state index contributed by atoms with van der Waals surface area (Å²) in [5, 5.41) is 13.2. The summed E-state index contributed by atoms with van der Waals surface area (Å²) >= 11 is 1.09. The van der Waals surface area contributed by atoms with E-state index in [1.165, 1.54) is 6.07 Å². The normalized spacial score (nSPS) is 14.5. The molecule has 12 heteroatoms. The van der Waals surface area contributed by atoms with Crippen LogP contribution in [0.4, 0.5) is 18.0 Å². The number of ether oxygens (including phenoxy) is 3. The number of hydrogen-bond donors (Lipinski definition) is 2. The molecule has 8 nitrogen and oxygen atoms in total. The van der Waals surface area contributed by atoms with Gasteiger partial charge >= 0.3 is 18.2 Å². The highest BCUT2D eigenvalue weighted by molar-refractivity contribution is 7.99. The largest absolute Gasteiger partial charge is 0.458 e. The van der Waals surface area contributed by atoms with Crippen molar-refractivity contribution in [2.24, 2.45) is 0 Å². The number of pyridine rings is 1. The number of alkyl halides is 3. The lowest BCUT2D eigenvalue weighted by molar-refractivity contribution is -0.268. The average Bonchev–Trinajstić information content (AvgIpc) is 2.85. The predicted octanol–water partition coefficient (Wildman–Crippen LogP) is 7.50. The van der Waals surface area contributed by atoms with Crippen molar-refractivity contribution < 1.29 is 42.1 Å². The molecule has 2 N–H and O–H groups in total. The predicted molar refractivity (Wildman–Crippen MR) is 160 cm³/mol. The van der Waals surface area contributed by atoms with Crippen LogP contribution in [0, 0.1) is 0 Å². The number of hydrogen-bond acceptors (Lipinski definition) is 8. The van der Waals surface area contributed by atoms with Gasteiger partial charge in [-0.2, -0.15) is 24.9 Å². The van der Waals surface area contributed by atoms with Crippen LogP contribution in [0.15, 0.2) is 42.6 Å². The minimum atomic E-state index is -4.99. The zero-order valence-electron chi connectivity index (χ0n) is 26.0. The number of carbonyl (C=O) groups is 2. The minimum absolute atomic E-state index is 0.0751. The zero-order chi connectivity index (χ0) is 32.6. The number of nitrogens with zero attached hydrogens (tertiary/aromatic N) is 1. The first-order valence-corrected chi connectivity index (χ1v) is 15.2. The Morgan fingerprint density at radius 3 is 1.98 bits per heavy atom. The second-order valence-corrected chi connectivity index (χ2v) is 13.7. The van der Waals surface area contributed by atoms with Gasteiger partial charge in [-0.25, -0.2) is 9.59 Å². The molecule has 1 aromatic heterocycles. The molecule has 2 unspecified atom stereocenters. The molecule has 43 heavy (non-hydrogen) atoms. The summed E-state index contributed by atoms with van der Waals surface area (Å²) in [5.74, 6) is 0.481. The van der Waals surface area contributed by atoms with E-state index in [4.69, 9.17) is 14.2 Å². The van der Waals surface area contributed by atoms with Gasteiger partial charge in [0.05, 0.1) is 11.9 Å². The summed E-state index contributed by atoms with van der Waals surface area (Å²) in [6.45, 7) is 14.2. The Hall–Kier alpha value is -2.99. The summed E-state index contributed by atoms with van der Waals surface area (Å²) in [5.41, 5.74) is -4.24. The SMILES string of the molecule is CC(C)c1ccc(Oc2ccc(C(O)(CCSCCC(NC(=O)OC(C)(C)C)C(=O)OC(C)(C)C)C(F)(F)F)nc2)cc1. The maximum Gasteiger partial charge on any atom is 0.423 e. The maximum absolute atomic E-state index is 14.1. The Kier molecular flexibility index (Phi) is 12.3. The van der Waals surface area contributed by atoms with Crippen LogP contribution in [-0.4, -0.2) is 57.1 Å². The summed E-state index contributed by atoms with van der Waals surface area (Å²) in [4.78, 5) is 28.8. The minimum Gasteiger partial charge on any atom is -0.458 e. The molecule has 0 fully saturated rings. The Balaban J connectivity index is 2.03. The van der Waals surface area contributed by atoms with Crippen LogP contribution in [0.2, 0.25) is 0 Å². The topological polar surface area (TPSA) is 107 Å². The number of carbonyl (C=O) groups excluding carboxylic acids is 2. The number of nitrogens with one attached hydrogen (secondary N) is 1. The summed E-state index contributed by atoms with van der Waals surface area (Å²) in [7, 11) is 0. The molecule has 0 saturated carbocycles. The van der Waals surface area contributed by atoms with Crippen molar-refractivity contribution in [3.05, 3.63) is 53.9 Å². The van der Waals surface area contributed by atoms with E-state index in [2.05, 4.69) is 24.1 Å². The van der Waals surface area contributed by atoms with Gasteiger partial charge in [0.1, 0.15) is 28.7 Å². The van der Waals surface area contributed by atoms with Crippen LogP contribution in [0.5, 0.6) is 11.5 Å². The van der Waals surface area contributed by atoms with Crippen LogP contribution >= 0.6 is 11.8 Å². The van der Waals surface area contributed by atoms with Gasteiger partial charge < -0.3 is 24.6 Å². The van der Waals surface area contributed by atoms with Crippen molar-refractivity contribution >= 4 is 23.8 Å². The number of aliphatic hydroxyl groups is 1. The average molecular weight is 629 g/mol. The first-order valence-electron chi connectivity index (χ1n) is 14.0. The van der Waals surface area contributed by atoms with Crippen molar-refractivity contribution in [2.45, 2.75) is 103 Å². The third-order valence-electron chi connectivity index (χ3n) is 5.95. The van der Waals surface area contributed by atoms with E-state index in [0.29, 0.717) is 11.7 Å². The Labute approximate surface area is 256 Å². The second kappa shape index (κ2) is 14.7. The van der Waals surface area contributed by atoms with E-state index in [0.717, 1.165) is 29.6 Å².